The monoisotopic (exact) mass is 358 g/mol. The molecule has 0 saturated heterocycles. The van der Waals surface area contributed by atoms with Crippen LogP contribution in [0.25, 0.3) is 5.65 Å². The van der Waals surface area contributed by atoms with E-state index in [4.69, 9.17) is 5.11 Å². The summed E-state index contributed by atoms with van der Waals surface area (Å²) in [6, 6.07) is 10.0. The molecule has 0 spiro atoms. The number of hydrogen-bond acceptors (Lipinski definition) is 4. The Labute approximate surface area is 134 Å². The number of imidazole rings is 1. The van der Waals surface area contributed by atoms with Gasteiger partial charge in [0.1, 0.15) is 5.65 Å². The zero-order valence-electron chi connectivity index (χ0n) is 11.6. The van der Waals surface area contributed by atoms with Gasteiger partial charge in [-0.3, -0.25) is 4.40 Å². The van der Waals surface area contributed by atoms with Gasteiger partial charge in [-0.15, -0.1) is 10.2 Å². The number of pyridine rings is 1. The van der Waals surface area contributed by atoms with Crippen LogP contribution in [-0.2, 0) is 0 Å². The maximum atomic E-state index is 10.8. The zero-order valence-corrected chi connectivity index (χ0v) is 13.1. The molecule has 0 amide bonds. The van der Waals surface area contributed by atoms with E-state index in [9.17, 15) is 4.79 Å². The largest absolute Gasteiger partial charge is 0.478 e. The van der Waals surface area contributed by atoms with Crippen LogP contribution >= 0.6 is 15.9 Å². The number of aromatic carboxylic acids is 1. The second kappa shape index (κ2) is 5.69. The molecule has 0 unspecified atom stereocenters. The first-order chi connectivity index (χ1) is 10.5. The molecule has 3 rings (SSSR count). The van der Waals surface area contributed by atoms with E-state index in [2.05, 4.69) is 31.1 Å². The Morgan fingerprint density at radius 1 is 1.18 bits per heavy atom. The Balaban J connectivity index is 1.96. The second-order valence-electron chi connectivity index (χ2n) is 4.65. The van der Waals surface area contributed by atoms with E-state index in [-0.39, 0.29) is 5.56 Å². The lowest BCUT2D eigenvalue weighted by atomic mass is 10.2. The van der Waals surface area contributed by atoms with E-state index in [0.29, 0.717) is 11.5 Å². The van der Waals surface area contributed by atoms with Crippen LogP contribution in [0, 0.1) is 6.92 Å². The van der Waals surface area contributed by atoms with Gasteiger partial charge in [0.15, 0.2) is 5.82 Å². The first-order valence-electron chi connectivity index (χ1n) is 6.44. The average molecular weight is 359 g/mol. The summed E-state index contributed by atoms with van der Waals surface area (Å²) in [5, 5.41) is 17.2. The molecular formula is C15H11BrN4O2. The molecule has 0 aliphatic heterocycles. The Hall–Kier alpha value is -2.54. The highest BCUT2D eigenvalue weighted by Gasteiger charge is 2.08. The Morgan fingerprint density at radius 3 is 2.59 bits per heavy atom. The van der Waals surface area contributed by atoms with Crippen molar-refractivity contribution in [3.8, 4) is 0 Å². The lowest BCUT2D eigenvalue weighted by molar-refractivity contribution is 0.0697. The number of hydrogen-bond donors (Lipinski definition) is 1. The number of halogens is 1. The molecular weight excluding hydrogens is 348 g/mol. The molecule has 110 valence electrons. The van der Waals surface area contributed by atoms with Crippen molar-refractivity contribution in [2.75, 3.05) is 0 Å². The summed E-state index contributed by atoms with van der Waals surface area (Å²) in [6.07, 6.45) is 1.87. The molecule has 22 heavy (non-hydrogen) atoms. The van der Waals surface area contributed by atoms with E-state index < -0.39 is 5.97 Å². The summed E-state index contributed by atoms with van der Waals surface area (Å²) in [5.74, 6) is -0.329. The van der Waals surface area contributed by atoms with E-state index in [1.54, 1.807) is 12.1 Å². The maximum absolute atomic E-state index is 10.8. The molecule has 1 aromatic carbocycles. The smallest absolute Gasteiger partial charge is 0.335 e. The third-order valence-electron chi connectivity index (χ3n) is 3.10. The van der Waals surface area contributed by atoms with Crippen molar-refractivity contribution in [1.82, 2.24) is 9.38 Å². The summed E-state index contributed by atoms with van der Waals surface area (Å²) in [7, 11) is 0. The van der Waals surface area contributed by atoms with Gasteiger partial charge in [0.2, 0.25) is 0 Å². The van der Waals surface area contributed by atoms with Crippen molar-refractivity contribution < 1.29 is 9.90 Å². The summed E-state index contributed by atoms with van der Waals surface area (Å²) in [6.45, 7) is 1.86. The predicted molar refractivity (Wildman–Crippen MR) is 85.2 cm³/mol. The molecule has 7 heteroatoms. The van der Waals surface area contributed by atoms with Crippen LogP contribution in [-0.4, -0.2) is 20.5 Å². The third kappa shape index (κ3) is 2.75. The standard InChI is InChI=1S/C15H11BrN4O2/c1-9-14(20-8-11(16)4-7-13(20)17-9)19-18-12-5-2-10(3-6-12)15(21)22/h2-8H,1H3,(H,21,22). The third-order valence-corrected chi connectivity index (χ3v) is 3.57. The SMILES string of the molecule is Cc1nc2ccc(Br)cn2c1N=Nc1ccc(C(=O)O)cc1. The van der Waals surface area contributed by atoms with Gasteiger partial charge >= 0.3 is 5.97 Å². The molecule has 0 fully saturated rings. The summed E-state index contributed by atoms with van der Waals surface area (Å²) in [4.78, 5) is 15.2. The van der Waals surface area contributed by atoms with Gasteiger partial charge in [0.05, 0.1) is 16.9 Å². The van der Waals surface area contributed by atoms with Crippen molar-refractivity contribution in [2.45, 2.75) is 6.92 Å². The quantitative estimate of drug-likeness (QED) is 0.699. The highest BCUT2D eigenvalue weighted by molar-refractivity contribution is 9.10. The Bertz CT molecular complexity index is 884. The normalized spacial score (nSPS) is 11.4. The minimum atomic E-state index is -0.967. The van der Waals surface area contributed by atoms with E-state index in [1.807, 2.05) is 29.7 Å². The number of nitrogens with zero attached hydrogens (tertiary/aromatic N) is 4. The van der Waals surface area contributed by atoms with Crippen molar-refractivity contribution in [1.29, 1.82) is 0 Å². The summed E-state index contributed by atoms with van der Waals surface area (Å²) >= 11 is 3.42. The average Bonchev–Trinajstić information content (AvgIpc) is 2.80. The second-order valence-corrected chi connectivity index (χ2v) is 5.56. The molecule has 2 aromatic heterocycles. The van der Waals surface area contributed by atoms with Gasteiger partial charge in [0.25, 0.3) is 0 Å². The number of carbonyl (C=O) groups is 1. The maximum Gasteiger partial charge on any atom is 0.335 e. The van der Waals surface area contributed by atoms with Gasteiger partial charge in [0, 0.05) is 10.7 Å². The number of carboxylic acids is 1. The summed E-state index contributed by atoms with van der Waals surface area (Å²) in [5.41, 5.74) is 2.35. The van der Waals surface area contributed by atoms with Gasteiger partial charge in [-0.2, -0.15) is 0 Å². The van der Waals surface area contributed by atoms with Crippen molar-refractivity contribution >= 4 is 39.1 Å². The van der Waals surface area contributed by atoms with Gasteiger partial charge in [-0.05, 0) is 59.3 Å². The number of fused-ring (bicyclic) bond motifs is 1. The first-order valence-corrected chi connectivity index (χ1v) is 7.23. The van der Waals surface area contributed by atoms with Crippen LogP contribution in [0.3, 0.4) is 0 Å². The fourth-order valence-electron chi connectivity index (χ4n) is 2.02. The first kappa shape index (κ1) is 14.4. The highest BCUT2D eigenvalue weighted by atomic mass is 79.9. The number of carboxylic acid groups (broad SMARTS) is 1. The molecule has 3 aromatic rings. The fraction of sp³-hybridized carbons (Fsp3) is 0.0667. The van der Waals surface area contributed by atoms with Crippen molar-refractivity contribution in [3.05, 3.63) is 58.3 Å². The van der Waals surface area contributed by atoms with Gasteiger partial charge < -0.3 is 5.11 Å². The van der Waals surface area contributed by atoms with Gasteiger partial charge in [-0.25, -0.2) is 9.78 Å². The van der Waals surface area contributed by atoms with Crippen molar-refractivity contribution in [3.63, 3.8) is 0 Å². The lowest BCUT2D eigenvalue weighted by Crippen LogP contribution is -1.93. The highest BCUT2D eigenvalue weighted by Crippen LogP contribution is 2.25. The fourth-order valence-corrected chi connectivity index (χ4v) is 2.36. The Morgan fingerprint density at radius 2 is 1.91 bits per heavy atom. The van der Waals surface area contributed by atoms with Crippen molar-refractivity contribution in [2.24, 2.45) is 10.2 Å². The Kier molecular flexibility index (Phi) is 3.72. The number of rotatable bonds is 3. The minimum absolute atomic E-state index is 0.217. The minimum Gasteiger partial charge on any atom is -0.478 e. The number of aryl methyl sites for hydroxylation is 1. The molecule has 2 heterocycles. The molecule has 0 saturated carbocycles. The van der Waals surface area contributed by atoms with Crippen LogP contribution in [0.15, 0.2) is 57.3 Å². The van der Waals surface area contributed by atoms with E-state index >= 15 is 0 Å². The molecule has 1 N–H and O–H groups in total. The molecule has 0 atom stereocenters. The van der Waals surface area contributed by atoms with E-state index in [1.165, 1.54) is 12.1 Å². The molecule has 0 radical (unpaired) electrons. The number of azo groups is 1. The van der Waals surface area contributed by atoms with Crippen LogP contribution in [0.2, 0.25) is 0 Å². The summed E-state index contributed by atoms with van der Waals surface area (Å²) < 4.78 is 2.76. The number of benzene rings is 1. The topological polar surface area (TPSA) is 79.3 Å². The lowest BCUT2D eigenvalue weighted by Gasteiger charge is -1.98. The van der Waals surface area contributed by atoms with Crippen LogP contribution in [0.5, 0.6) is 0 Å². The van der Waals surface area contributed by atoms with Crippen LogP contribution < -0.4 is 0 Å². The van der Waals surface area contributed by atoms with Gasteiger partial charge in [-0.1, -0.05) is 0 Å². The predicted octanol–water partition coefficient (Wildman–Crippen LogP) is 4.52. The van der Waals surface area contributed by atoms with Crippen LogP contribution in [0.1, 0.15) is 16.1 Å². The molecule has 0 bridgehead atoms. The zero-order chi connectivity index (χ0) is 15.7. The van der Waals surface area contributed by atoms with E-state index in [0.717, 1.165) is 15.8 Å². The molecule has 0 aliphatic carbocycles. The molecule has 6 nitrogen and oxygen atoms in total. The number of aromatic nitrogens is 2. The molecule has 0 aliphatic rings. The van der Waals surface area contributed by atoms with Crippen LogP contribution in [0.4, 0.5) is 11.5 Å².